The molecule has 0 amide bonds. The zero-order valence-electron chi connectivity index (χ0n) is 7.14. The van der Waals surface area contributed by atoms with E-state index in [0.717, 1.165) is 0 Å². The topological polar surface area (TPSA) is 9.23 Å². The second kappa shape index (κ2) is 4.17. The van der Waals surface area contributed by atoms with Crippen LogP contribution >= 0.6 is 0 Å². The Labute approximate surface area is 85.7 Å². The quantitative estimate of drug-likeness (QED) is 0.568. The highest BCUT2D eigenvalue weighted by atomic mass is 19.4. The van der Waals surface area contributed by atoms with Crippen LogP contribution in [0, 0.1) is 0 Å². The molecule has 0 aromatic heterocycles. The van der Waals surface area contributed by atoms with Crippen LogP contribution in [0.5, 0.6) is 0 Å². The van der Waals surface area contributed by atoms with Gasteiger partial charge in [-0.15, -0.1) is 0 Å². The van der Waals surface area contributed by atoms with E-state index in [4.69, 9.17) is 0 Å². The van der Waals surface area contributed by atoms with Crippen LogP contribution in [0.25, 0.3) is 0 Å². The summed E-state index contributed by atoms with van der Waals surface area (Å²) in [6, 6.07) is 0. The van der Waals surface area contributed by atoms with Crippen molar-refractivity contribution in [1.82, 2.24) is 0 Å². The molecule has 0 aromatic rings. The number of halogens is 11. The third-order valence-electron chi connectivity index (χ3n) is 1.35. The molecule has 0 heterocycles. The SMILES string of the molecule is FB(F)OC(F)(F)C(F)(F)C(F)(F)C(F)(F)F. The third kappa shape index (κ3) is 2.74. The van der Waals surface area contributed by atoms with Gasteiger partial charge in [0.15, 0.2) is 0 Å². The summed E-state index contributed by atoms with van der Waals surface area (Å²) in [7, 11) is -4.67. The number of alkyl halides is 9. The van der Waals surface area contributed by atoms with Crippen LogP contribution < -0.4 is 0 Å². The van der Waals surface area contributed by atoms with E-state index in [1.807, 2.05) is 0 Å². The monoisotopic (exact) mass is 284 g/mol. The van der Waals surface area contributed by atoms with E-state index in [1.165, 1.54) is 0 Å². The standard InChI is InChI=1S/C4BF11O/c6-1(7,3(10,11)12)2(8,9)4(13,14)17-5(15)16. The predicted octanol–water partition coefficient (Wildman–Crippen LogP) is 3.35. The fourth-order valence-corrected chi connectivity index (χ4v) is 0.547. The van der Waals surface area contributed by atoms with E-state index >= 15 is 0 Å². The molecule has 0 unspecified atom stereocenters. The summed E-state index contributed by atoms with van der Waals surface area (Å²) in [5.74, 6) is -14.4. The van der Waals surface area contributed by atoms with Crippen LogP contribution in [-0.2, 0) is 4.65 Å². The molecule has 102 valence electrons. The van der Waals surface area contributed by atoms with Crippen molar-refractivity contribution in [2.45, 2.75) is 24.1 Å². The second-order valence-electron chi connectivity index (χ2n) is 2.54. The van der Waals surface area contributed by atoms with Crippen LogP contribution in [0.4, 0.5) is 48.1 Å². The van der Waals surface area contributed by atoms with E-state index in [1.54, 1.807) is 4.65 Å². The Hall–Kier alpha value is -0.745. The van der Waals surface area contributed by atoms with Gasteiger partial charge in [-0.1, -0.05) is 0 Å². The number of hydrogen-bond donors (Lipinski definition) is 0. The first-order chi connectivity index (χ1) is 7.17. The molecular formula is C4BF11O. The summed E-state index contributed by atoms with van der Waals surface area (Å²) in [5, 5.41) is 0. The Bertz CT molecular complexity index is 269. The highest BCUT2D eigenvalue weighted by Gasteiger charge is 2.83. The fraction of sp³-hybridized carbons (Fsp3) is 1.00. The summed E-state index contributed by atoms with van der Waals surface area (Å²) in [4.78, 5) is 0. The average Bonchev–Trinajstić information content (AvgIpc) is 1.98. The first kappa shape index (κ1) is 16.3. The normalized spacial score (nSPS) is 15.0. The molecule has 0 fully saturated rings. The van der Waals surface area contributed by atoms with Crippen molar-refractivity contribution in [2.75, 3.05) is 0 Å². The Morgan fingerprint density at radius 1 is 0.647 bits per heavy atom. The second-order valence-corrected chi connectivity index (χ2v) is 2.54. The smallest absolute Gasteiger partial charge is 0.315 e. The van der Waals surface area contributed by atoms with Crippen molar-refractivity contribution >= 4 is 7.47 Å². The maximum absolute atomic E-state index is 12.2. The summed E-state index contributed by atoms with van der Waals surface area (Å²) >= 11 is 0. The van der Waals surface area contributed by atoms with E-state index in [9.17, 15) is 48.1 Å². The highest BCUT2D eigenvalue weighted by Crippen LogP contribution is 2.53. The van der Waals surface area contributed by atoms with Gasteiger partial charge in [0, 0.05) is 0 Å². The lowest BCUT2D eigenvalue weighted by molar-refractivity contribution is -0.431. The molecule has 0 saturated heterocycles. The van der Waals surface area contributed by atoms with Gasteiger partial charge in [0.05, 0.1) is 0 Å². The Balaban J connectivity index is 5.39. The molecule has 0 aliphatic carbocycles. The van der Waals surface area contributed by atoms with Gasteiger partial charge >= 0.3 is 31.6 Å². The summed E-state index contributed by atoms with van der Waals surface area (Å²) in [6.45, 7) is 0. The Morgan fingerprint density at radius 3 is 1.24 bits per heavy atom. The van der Waals surface area contributed by atoms with Crippen molar-refractivity contribution in [2.24, 2.45) is 0 Å². The molecule has 0 N–H and O–H groups in total. The molecule has 1 nitrogen and oxygen atoms in total. The molecule has 0 aliphatic rings. The van der Waals surface area contributed by atoms with Gasteiger partial charge in [0.1, 0.15) is 0 Å². The number of rotatable bonds is 4. The van der Waals surface area contributed by atoms with Gasteiger partial charge in [-0.2, -0.15) is 39.5 Å². The van der Waals surface area contributed by atoms with Crippen LogP contribution in [-0.4, -0.2) is 31.6 Å². The zero-order valence-corrected chi connectivity index (χ0v) is 7.14. The Morgan fingerprint density at radius 2 is 1.00 bits per heavy atom. The van der Waals surface area contributed by atoms with Crippen LogP contribution in [0.2, 0.25) is 0 Å². The van der Waals surface area contributed by atoms with E-state index in [2.05, 4.69) is 0 Å². The van der Waals surface area contributed by atoms with Gasteiger partial charge in [-0.3, -0.25) is 8.63 Å². The molecule has 0 atom stereocenters. The molecule has 0 bridgehead atoms. The molecule has 13 heteroatoms. The largest absolute Gasteiger partial charge is 0.725 e. The van der Waals surface area contributed by atoms with Crippen LogP contribution in [0.1, 0.15) is 0 Å². The zero-order chi connectivity index (χ0) is 14.3. The predicted molar refractivity (Wildman–Crippen MR) is 30.0 cm³/mol. The highest BCUT2D eigenvalue weighted by molar-refractivity contribution is 6.34. The molecule has 17 heavy (non-hydrogen) atoms. The lowest BCUT2D eigenvalue weighted by atomic mass is 10.1. The first-order valence-electron chi connectivity index (χ1n) is 3.33. The van der Waals surface area contributed by atoms with Crippen molar-refractivity contribution < 1.29 is 52.8 Å². The molecular weight excluding hydrogens is 284 g/mol. The van der Waals surface area contributed by atoms with Gasteiger partial charge in [-0.05, 0) is 0 Å². The molecule has 0 aromatic carbocycles. The van der Waals surface area contributed by atoms with Crippen LogP contribution in [0.3, 0.4) is 0 Å². The van der Waals surface area contributed by atoms with Gasteiger partial charge in [0.25, 0.3) is 0 Å². The number of hydrogen-bond acceptors (Lipinski definition) is 1. The van der Waals surface area contributed by atoms with Crippen molar-refractivity contribution in [3.8, 4) is 0 Å². The molecule has 0 spiro atoms. The summed E-state index contributed by atoms with van der Waals surface area (Å²) < 4.78 is 131. The lowest BCUT2D eigenvalue weighted by Gasteiger charge is -2.32. The lowest BCUT2D eigenvalue weighted by Crippen LogP contribution is -2.62. The average molecular weight is 284 g/mol. The van der Waals surface area contributed by atoms with Crippen molar-refractivity contribution in [3.05, 3.63) is 0 Å². The van der Waals surface area contributed by atoms with Gasteiger partial charge in [0.2, 0.25) is 0 Å². The fourth-order valence-electron chi connectivity index (χ4n) is 0.547. The third-order valence-corrected chi connectivity index (χ3v) is 1.35. The van der Waals surface area contributed by atoms with Gasteiger partial charge in [-0.25, -0.2) is 0 Å². The minimum atomic E-state index is -7.24. The van der Waals surface area contributed by atoms with Crippen LogP contribution in [0.15, 0.2) is 0 Å². The minimum Gasteiger partial charge on any atom is -0.315 e. The first-order valence-corrected chi connectivity index (χ1v) is 3.33. The van der Waals surface area contributed by atoms with Gasteiger partial charge < -0.3 is 4.65 Å². The maximum atomic E-state index is 12.2. The van der Waals surface area contributed by atoms with E-state index in [-0.39, 0.29) is 0 Å². The summed E-state index contributed by atoms with van der Waals surface area (Å²) in [6.07, 6.45) is -13.8. The van der Waals surface area contributed by atoms with E-state index in [0.29, 0.717) is 0 Å². The van der Waals surface area contributed by atoms with Crippen molar-refractivity contribution in [1.29, 1.82) is 0 Å². The van der Waals surface area contributed by atoms with Crippen molar-refractivity contribution in [3.63, 3.8) is 0 Å². The summed E-state index contributed by atoms with van der Waals surface area (Å²) in [5.41, 5.74) is 0. The molecule has 0 aliphatic heterocycles. The van der Waals surface area contributed by atoms with E-state index < -0.39 is 31.6 Å². The molecule has 0 rings (SSSR count). The molecule has 0 radical (unpaired) electrons. The Kier molecular flexibility index (Phi) is 3.99. The minimum absolute atomic E-state index is 1.79. The molecule has 0 saturated carbocycles. The maximum Gasteiger partial charge on any atom is 0.725 e.